The van der Waals surface area contributed by atoms with E-state index in [9.17, 15) is 0 Å². The Bertz CT molecular complexity index is 248. The zero-order valence-electron chi connectivity index (χ0n) is 9.24. The number of hydrogen-bond acceptors (Lipinski definition) is 2. The quantitative estimate of drug-likeness (QED) is 0.762. The van der Waals surface area contributed by atoms with E-state index in [-0.39, 0.29) is 12.4 Å². The average Bonchev–Trinajstić information content (AvgIpc) is 2.21. The van der Waals surface area contributed by atoms with Gasteiger partial charge in [-0.05, 0) is 37.1 Å². The Kier molecular flexibility index (Phi) is 8.15. The summed E-state index contributed by atoms with van der Waals surface area (Å²) < 4.78 is 5.55. The predicted molar refractivity (Wildman–Crippen MR) is 66.9 cm³/mol. The van der Waals surface area contributed by atoms with Gasteiger partial charge in [0, 0.05) is 0 Å². The van der Waals surface area contributed by atoms with Gasteiger partial charge in [-0.1, -0.05) is 25.5 Å². The lowest BCUT2D eigenvalue weighted by molar-refractivity contribution is 0.309. The topological polar surface area (TPSA) is 35.2 Å². The van der Waals surface area contributed by atoms with E-state index < -0.39 is 0 Å². The van der Waals surface area contributed by atoms with Crippen LogP contribution in [0.2, 0.25) is 0 Å². The molecule has 0 aliphatic carbocycles. The number of unbranched alkanes of at least 4 members (excludes halogenated alkanes) is 1. The molecule has 1 aromatic rings. The molecule has 0 aromatic heterocycles. The van der Waals surface area contributed by atoms with Crippen molar-refractivity contribution in [2.45, 2.75) is 26.2 Å². The zero-order valence-corrected chi connectivity index (χ0v) is 10.1. The van der Waals surface area contributed by atoms with Gasteiger partial charge in [-0.15, -0.1) is 12.4 Å². The Morgan fingerprint density at radius 1 is 1.20 bits per heavy atom. The van der Waals surface area contributed by atoms with Gasteiger partial charge in [0.15, 0.2) is 0 Å². The van der Waals surface area contributed by atoms with Crippen LogP contribution in [0, 0.1) is 0 Å². The van der Waals surface area contributed by atoms with Crippen molar-refractivity contribution in [3.63, 3.8) is 0 Å². The van der Waals surface area contributed by atoms with E-state index >= 15 is 0 Å². The Labute approximate surface area is 98.2 Å². The van der Waals surface area contributed by atoms with Crippen LogP contribution in [0.5, 0.6) is 5.75 Å². The molecule has 3 heteroatoms. The molecule has 0 atom stereocenters. The van der Waals surface area contributed by atoms with E-state index in [0.29, 0.717) is 6.54 Å². The van der Waals surface area contributed by atoms with Crippen molar-refractivity contribution in [2.24, 2.45) is 5.73 Å². The van der Waals surface area contributed by atoms with Crippen molar-refractivity contribution in [3.05, 3.63) is 29.8 Å². The maximum atomic E-state index is 5.55. The van der Waals surface area contributed by atoms with Crippen LogP contribution >= 0.6 is 12.4 Å². The van der Waals surface area contributed by atoms with Gasteiger partial charge in [-0.2, -0.15) is 0 Å². The third kappa shape index (κ3) is 5.65. The summed E-state index contributed by atoms with van der Waals surface area (Å²) in [6.45, 7) is 3.68. The second-order valence-electron chi connectivity index (χ2n) is 3.38. The monoisotopic (exact) mass is 229 g/mol. The number of hydrogen-bond donors (Lipinski definition) is 1. The smallest absolute Gasteiger partial charge is 0.119 e. The Morgan fingerprint density at radius 2 is 1.87 bits per heavy atom. The third-order valence-corrected chi connectivity index (χ3v) is 2.12. The second-order valence-corrected chi connectivity index (χ2v) is 3.38. The van der Waals surface area contributed by atoms with Crippen LogP contribution in [-0.2, 0) is 6.42 Å². The second kappa shape index (κ2) is 8.57. The normalized spacial score (nSPS) is 9.47. The van der Waals surface area contributed by atoms with E-state index in [2.05, 4.69) is 19.1 Å². The van der Waals surface area contributed by atoms with Crippen LogP contribution in [0.15, 0.2) is 24.3 Å². The van der Waals surface area contributed by atoms with E-state index in [0.717, 1.165) is 25.2 Å². The predicted octanol–water partition coefficient (Wildman–Crippen LogP) is 2.79. The fraction of sp³-hybridized carbons (Fsp3) is 0.500. The van der Waals surface area contributed by atoms with Gasteiger partial charge >= 0.3 is 0 Å². The fourth-order valence-corrected chi connectivity index (χ4v) is 1.25. The van der Waals surface area contributed by atoms with Crippen molar-refractivity contribution >= 4 is 12.4 Å². The molecule has 86 valence electrons. The lowest BCUT2D eigenvalue weighted by Gasteiger charge is -2.05. The first-order valence-corrected chi connectivity index (χ1v) is 5.28. The van der Waals surface area contributed by atoms with Gasteiger partial charge in [0.2, 0.25) is 0 Å². The SMILES string of the molecule is CCCCOc1ccc(CCN)cc1.Cl. The Hall–Kier alpha value is -0.730. The highest BCUT2D eigenvalue weighted by molar-refractivity contribution is 5.85. The summed E-state index contributed by atoms with van der Waals surface area (Å²) in [6, 6.07) is 8.18. The molecule has 0 fully saturated rings. The molecule has 0 amide bonds. The maximum absolute atomic E-state index is 5.55. The summed E-state index contributed by atoms with van der Waals surface area (Å²) in [7, 11) is 0. The minimum absolute atomic E-state index is 0. The average molecular weight is 230 g/mol. The minimum atomic E-state index is 0. The maximum Gasteiger partial charge on any atom is 0.119 e. The molecule has 0 saturated heterocycles. The van der Waals surface area contributed by atoms with Gasteiger partial charge in [0.05, 0.1) is 6.61 Å². The first-order valence-electron chi connectivity index (χ1n) is 5.28. The highest BCUT2D eigenvalue weighted by Crippen LogP contribution is 2.12. The Balaban J connectivity index is 0.00000196. The number of halogens is 1. The van der Waals surface area contributed by atoms with Crippen molar-refractivity contribution in [2.75, 3.05) is 13.2 Å². The molecule has 0 heterocycles. The lowest BCUT2D eigenvalue weighted by atomic mass is 10.1. The number of nitrogens with two attached hydrogens (primary N) is 1. The first-order chi connectivity index (χ1) is 6.86. The highest BCUT2D eigenvalue weighted by Gasteiger charge is 1.94. The van der Waals surface area contributed by atoms with E-state index in [1.807, 2.05) is 12.1 Å². The van der Waals surface area contributed by atoms with E-state index in [4.69, 9.17) is 10.5 Å². The summed E-state index contributed by atoms with van der Waals surface area (Å²) in [4.78, 5) is 0. The van der Waals surface area contributed by atoms with Crippen LogP contribution in [0.3, 0.4) is 0 Å². The van der Waals surface area contributed by atoms with Gasteiger partial charge in [0.1, 0.15) is 5.75 Å². The molecule has 0 aliphatic rings. The number of rotatable bonds is 6. The summed E-state index contributed by atoms with van der Waals surface area (Å²) in [5.41, 5.74) is 6.74. The zero-order chi connectivity index (χ0) is 10.2. The van der Waals surface area contributed by atoms with Crippen LogP contribution < -0.4 is 10.5 Å². The molecule has 0 saturated carbocycles. The molecule has 0 bridgehead atoms. The largest absolute Gasteiger partial charge is 0.494 e. The molecule has 15 heavy (non-hydrogen) atoms. The molecule has 0 radical (unpaired) electrons. The third-order valence-electron chi connectivity index (χ3n) is 2.12. The van der Waals surface area contributed by atoms with Gasteiger partial charge in [0.25, 0.3) is 0 Å². The lowest BCUT2D eigenvalue weighted by Crippen LogP contribution is -2.02. The van der Waals surface area contributed by atoms with E-state index in [1.54, 1.807) is 0 Å². The molecular weight excluding hydrogens is 210 g/mol. The van der Waals surface area contributed by atoms with Crippen molar-refractivity contribution in [1.29, 1.82) is 0 Å². The minimum Gasteiger partial charge on any atom is -0.494 e. The van der Waals surface area contributed by atoms with Crippen molar-refractivity contribution in [1.82, 2.24) is 0 Å². The molecule has 0 spiro atoms. The molecule has 0 aliphatic heterocycles. The molecule has 1 aromatic carbocycles. The van der Waals surface area contributed by atoms with Crippen LogP contribution in [0.1, 0.15) is 25.3 Å². The number of benzene rings is 1. The van der Waals surface area contributed by atoms with Gasteiger partial charge in [-0.25, -0.2) is 0 Å². The molecular formula is C12H20ClNO. The van der Waals surface area contributed by atoms with Gasteiger partial charge in [-0.3, -0.25) is 0 Å². The Morgan fingerprint density at radius 3 is 2.40 bits per heavy atom. The van der Waals surface area contributed by atoms with Crippen molar-refractivity contribution < 1.29 is 4.74 Å². The first kappa shape index (κ1) is 14.3. The summed E-state index contributed by atoms with van der Waals surface area (Å²) in [6.07, 6.45) is 3.23. The van der Waals surface area contributed by atoms with Gasteiger partial charge < -0.3 is 10.5 Å². The van der Waals surface area contributed by atoms with Crippen LogP contribution in [0.25, 0.3) is 0 Å². The summed E-state index contributed by atoms with van der Waals surface area (Å²) in [5, 5.41) is 0. The molecule has 0 unspecified atom stereocenters. The standard InChI is InChI=1S/C12H19NO.ClH/c1-2-3-10-14-12-6-4-11(5-7-12)8-9-13;/h4-7H,2-3,8-10,13H2,1H3;1H. The van der Waals surface area contributed by atoms with Crippen molar-refractivity contribution in [3.8, 4) is 5.75 Å². The molecule has 2 nitrogen and oxygen atoms in total. The number of ether oxygens (including phenoxy) is 1. The van der Waals surface area contributed by atoms with Crippen LogP contribution in [0.4, 0.5) is 0 Å². The fourth-order valence-electron chi connectivity index (χ4n) is 1.25. The summed E-state index contributed by atoms with van der Waals surface area (Å²) >= 11 is 0. The van der Waals surface area contributed by atoms with E-state index in [1.165, 1.54) is 12.0 Å². The molecule has 2 N–H and O–H groups in total. The highest BCUT2D eigenvalue weighted by atomic mass is 35.5. The summed E-state index contributed by atoms with van der Waals surface area (Å²) in [5.74, 6) is 0.958. The van der Waals surface area contributed by atoms with Crippen LogP contribution in [-0.4, -0.2) is 13.2 Å². The molecule has 1 rings (SSSR count).